The van der Waals surface area contributed by atoms with Crippen LogP contribution in [0, 0.1) is 11.3 Å². The Morgan fingerprint density at radius 3 is 2.09 bits per heavy atom. The number of amides is 2. The molecule has 0 saturated heterocycles. The number of hydrogen-bond donors (Lipinski definition) is 3. The van der Waals surface area contributed by atoms with Gasteiger partial charge in [-0.15, -0.1) is 0 Å². The van der Waals surface area contributed by atoms with E-state index in [4.69, 9.17) is 0 Å². The number of carbonyl (C=O) groups is 2. The van der Waals surface area contributed by atoms with Gasteiger partial charge in [-0.05, 0) is 43.4 Å². The lowest BCUT2D eigenvalue weighted by Gasteiger charge is -2.41. The Hall–Kier alpha value is -1.10. The first kappa shape index (κ1) is 19.9. The molecule has 0 heterocycles. The lowest BCUT2D eigenvalue weighted by Crippen LogP contribution is -2.46. The van der Waals surface area contributed by atoms with E-state index in [-0.39, 0.29) is 30.1 Å². The van der Waals surface area contributed by atoms with Crippen LogP contribution >= 0.6 is 0 Å². The molecule has 2 amide bonds. The van der Waals surface area contributed by atoms with Gasteiger partial charge in [-0.3, -0.25) is 9.59 Å². The van der Waals surface area contributed by atoms with Gasteiger partial charge in [0.05, 0.1) is 5.60 Å². The molecule has 0 bridgehead atoms. The molecule has 0 spiro atoms. The normalized spacial score (nSPS) is 25.0. The lowest BCUT2D eigenvalue weighted by atomic mass is 9.68. The molecular weight excluding hydrogens is 292 g/mol. The molecule has 1 rings (SSSR count). The zero-order chi connectivity index (χ0) is 17.5. The highest BCUT2D eigenvalue weighted by Crippen LogP contribution is 2.41. The third-order valence-corrected chi connectivity index (χ3v) is 4.91. The first-order valence-corrected chi connectivity index (χ1v) is 8.92. The van der Waals surface area contributed by atoms with Gasteiger partial charge in [0.2, 0.25) is 11.8 Å². The third kappa shape index (κ3) is 7.34. The summed E-state index contributed by atoms with van der Waals surface area (Å²) < 4.78 is 0. The van der Waals surface area contributed by atoms with Crippen LogP contribution in [0.1, 0.15) is 72.6 Å². The Labute approximate surface area is 140 Å². The smallest absolute Gasteiger partial charge is 0.220 e. The predicted molar refractivity (Wildman–Crippen MR) is 91.9 cm³/mol. The first-order valence-electron chi connectivity index (χ1n) is 8.92. The molecule has 0 radical (unpaired) electrons. The van der Waals surface area contributed by atoms with Crippen LogP contribution in [0.2, 0.25) is 0 Å². The Balaban J connectivity index is 2.27. The van der Waals surface area contributed by atoms with Gasteiger partial charge in [0.15, 0.2) is 0 Å². The summed E-state index contributed by atoms with van der Waals surface area (Å²) in [5.41, 5.74) is -0.516. The summed E-state index contributed by atoms with van der Waals surface area (Å²) in [7, 11) is 0. The molecule has 23 heavy (non-hydrogen) atoms. The maximum absolute atomic E-state index is 11.8. The van der Waals surface area contributed by atoms with Gasteiger partial charge in [0.1, 0.15) is 0 Å². The summed E-state index contributed by atoms with van der Waals surface area (Å²) in [4.78, 5) is 23.3. The topological polar surface area (TPSA) is 78.4 Å². The molecule has 0 aromatic rings. The highest BCUT2D eigenvalue weighted by molar-refractivity contribution is 5.83. The zero-order valence-corrected chi connectivity index (χ0v) is 15.2. The van der Waals surface area contributed by atoms with Crippen molar-refractivity contribution in [2.75, 3.05) is 13.1 Å². The van der Waals surface area contributed by atoms with E-state index < -0.39 is 5.60 Å². The van der Waals surface area contributed by atoms with Crippen molar-refractivity contribution >= 4 is 11.8 Å². The molecule has 5 heteroatoms. The van der Waals surface area contributed by atoms with Crippen molar-refractivity contribution in [2.45, 2.75) is 78.2 Å². The van der Waals surface area contributed by atoms with Gasteiger partial charge in [0, 0.05) is 25.9 Å². The molecule has 134 valence electrons. The van der Waals surface area contributed by atoms with Crippen molar-refractivity contribution in [3.8, 4) is 0 Å². The van der Waals surface area contributed by atoms with Gasteiger partial charge in [-0.25, -0.2) is 0 Å². The molecule has 0 aromatic carbocycles. The first-order chi connectivity index (χ1) is 10.7. The SMILES string of the molecule is CCCNC(=O)CCC(=O)NCC1(O)CCC(C(C)(C)C)CC1. The monoisotopic (exact) mass is 326 g/mol. The standard InChI is InChI=1S/C18H34N2O3/c1-5-12-19-15(21)6-7-16(22)20-13-18(23)10-8-14(9-11-18)17(2,3)4/h14,23H,5-13H2,1-4H3,(H,19,21)(H,20,22). The van der Waals surface area contributed by atoms with Crippen LogP contribution < -0.4 is 10.6 Å². The van der Waals surface area contributed by atoms with Gasteiger partial charge < -0.3 is 15.7 Å². The molecule has 1 aliphatic rings. The number of hydrogen-bond acceptors (Lipinski definition) is 3. The highest BCUT2D eigenvalue weighted by Gasteiger charge is 2.37. The Bertz CT molecular complexity index is 394. The average Bonchev–Trinajstić information content (AvgIpc) is 2.48. The highest BCUT2D eigenvalue weighted by atomic mass is 16.3. The van der Waals surface area contributed by atoms with Gasteiger partial charge >= 0.3 is 0 Å². The minimum absolute atomic E-state index is 0.0913. The number of aliphatic hydroxyl groups is 1. The summed E-state index contributed by atoms with van der Waals surface area (Å²) in [6.45, 7) is 9.66. The summed E-state index contributed by atoms with van der Waals surface area (Å²) in [6.07, 6.45) is 4.72. The minimum Gasteiger partial charge on any atom is -0.388 e. The van der Waals surface area contributed by atoms with Gasteiger partial charge in [-0.2, -0.15) is 0 Å². The fourth-order valence-corrected chi connectivity index (χ4v) is 3.13. The second kappa shape index (κ2) is 8.67. The van der Waals surface area contributed by atoms with Crippen LogP contribution in [0.5, 0.6) is 0 Å². The predicted octanol–water partition coefficient (Wildman–Crippen LogP) is 2.38. The average molecular weight is 326 g/mol. The Morgan fingerprint density at radius 2 is 1.61 bits per heavy atom. The van der Waals surface area contributed by atoms with Crippen molar-refractivity contribution in [1.29, 1.82) is 0 Å². The van der Waals surface area contributed by atoms with Crippen LogP contribution in [0.25, 0.3) is 0 Å². The van der Waals surface area contributed by atoms with Crippen LogP contribution in [0.15, 0.2) is 0 Å². The second-order valence-corrected chi connectivity index (χ2v) is 7.99. The molecule has 0 aliphatic heterocycles. The second-order valence-electron chi connectivity index (χ2n) is 7.99. The van der Waals surface area contributed by atoms with Crippen LogP contribution in [-0.4, -0.2) is 35.6 Å². The molecule has 1 fully saturated rings. The van der Waals surface area contributed by atoms with E-state index in [1.165, 1.54) is 0 Å². The summed E-state index contributed by atoms with van der Waals surface area (Å²) in [5.74, 6) is 0.371. The van der Waals surface area contributed by atoms with Crippen molar-refractivity contribution in [2.24, 2.45) is 11.3 Å². The Kier molecular flexibility index (Phi) is 7.52. The van der Waals surface area contributed by atoms with Crippen molar-refractivity contribution in [1.82, 2.24) is 10.6 Å². The van der Waals surface area contributed by atoms with E-state index >= 15 is 0 Å². The summed E-state index contributed by atoms with van der Waals surface area (Å²) >= 11 is 0. The maximum Gasteiger partial charge on any atom is 0.220 e. The van der Waals surface area contributed by atoms with Crippen molar-refractivity contribution in [3.05, 3.63) is 0 Å². The quantitative estimate of drug-likeness (QED) is 0.672. The lowest BCUT2D eigenvalue weighted by molar-refractivity contribution is -0.127. The molecule has 1 saturated carbocycles. The van der Waals surface area contributed by atoms with Crippen LogP contribution in [0.4, 0.5) is 0 Å². The molecule has 0 aromatic heterocycles. The minimum atomic E-state index is -0.790. The fraction of sp³-hybridized carbons (Fsp3) is 0.889. The molecule has 0 atom stereocenters. The fourth-order valence-electron chi connectivity index (χ4n) is 3.13. The van der Waals surface area contributed by atoms with Crippen molar-refractivity contribution < 1.29 is 14.7 Å². The maximum atomic E-state index is 11.8. The van der Waals surface area contributed by atoms with E-state index in [0.29, 0.717) is 19.0 Å². The van der Waals surface area contributed by atoms with Crippen LogP contribution in [0.3, 0.4) is 0 Å². The third-order valence-electron chi connectivity index (χ3n) is 4.91. The van der Waals surface area contributed by atoms with Gasteiger partial charge in [-0.1, -0.05) is 27.7 Å². The molecule has 5 nitrogen and oxygen atoms in total. The number of carbonyl (C=O) groups excluding carboxylic acids is 2. The van der Waals surface area contributed by atoms with Gasteiger partial charge in [0.25, 0.3) is 0 Å². The van der Waals surface area contributed by atoms with E-state index in [1.54, 1.807) is 0 Å². The summed E-state index contributed by atoms with van der Waals surface area (Å²) in [5, 5.41) is 16.1. The number of nitrogens with one attached hydrogen (secondary N) is 2. The van der Waals surface area contributed by atoms with E-state index in [1.807, 2.05) is 6.92 Å². The number of rotatable bonds is 7. The van der Waals surface area contributed by atoms with E-state index in [9.17, 15) is 14.7 Å². The van der Waals surface area contributed by atoms with Crippen LogP contribution in [-0.2, 0) is 9.59 Å². The van der Waals surface area contributed by atoms with E-state index in [0.717, 1.165) is 32.1 Å². The molecule has 0 unspecified atom stereocenters. The summed E-state index contributed by atoms with van der Waals surface area (Å²) in [6, 6.07) is 0. The van der Waals surface area contributed by atoms with E-state index in [2.05, 4.69) is 31.4 Å². The Morgan fingerprint density at radius 1 is 1.09 bits per heavy atom. The molecule has 1 aliphatic carbocycles. The largest absolute Gasteiger partial charge is 0.388 e. The molecule has 3 N–H and O–H groups in total. The molecular formula is C18H34N2O3. The van der Waals surface area contributed by atoms with Crippen molar-refractivity contribution in [3.63, 3.8) is 0 Å². The zero-order valence-electron chi connectivity index (χ0n) is 15.2.